The van der Waals surface area contributed by atoms with Gasteiger partial charge >= 0.3 is 6.03 Å². The Hall–Kier alpha value is -1.26. The van der Waals surface area contributed by atoms with Crippen LogP contribution in [-0.2, 0) is 0 Å². The van der Waals surface area contributed by atoms with E-state index >= 15 is 0 Å². The number of nitrogens with zero attached hydrogens (tertiary/aromatic N) is 1. The van der Waals surface area contributed by atoms with Gasteiger partial charge in [0.1, 0.15) is 0 Å². The molecule has 0 spiro atoms. The third kappa shape index (κ3) is 3.11. The highest BCUT2D eigenvalue weighted by molar-refractivity contribution is 6.33. The number of halogens is 1. The van der Waals surface area contributed by atoms with Crippen molar-refractivity contribution in [3.63, 3.8) is 0 Å². The molecule has 0 bridgehead atoms. The Morgan fingerprint density at radius 3 is 2.71 bits per heavy atom. The molecule has 1 fully saturated rings. The summed E-state index contributed by atoms with van der Waals surface area (Å²) in [6, 6.07) is 5.31. The topological polar surface area (TPSA) is 44.4 Å². The molecule has 0 unspecified atom stereocenters. The molecule has 1 aliphatic rings. The fraction of sp³-hybridized carbons (Fsp3) is 0.417. The molecule has 4 nitrogen and oxygen atoms in total. The third-order valence-electron chi connectivity index (χ3n) is 2.83. The molecule has 2 amide bonds. The Labute approximate surface area is 106 Å². The molecule has 17 heavy (non-hydrogen) atoms. The van der Waals surface area contributed by atoms with E-state index in [2.05, 4.69) is 10.7 Å². The maximum Gasteiger partial charge on any atom is 0.333 e. The van der Waals surface area contributed by atoms with Gasteiger partial charge < -0.3 is 5.32 Å². The number of hydrogen-bond donors (Lipinski definition) is 2. The fourth-order valence-electron chi connectivity index (χ4n) is 1.90. The first-order valence-corrected chi connectivity index (χ1v) is 6.12. The van der Waals surface area contributed by atoms with Crippen LogP contribution in [0.3, 0.4) is 0 Å². The van der Waals surface area contributed by atoms with Crippen molar-refractivity contribution in [3.8, 4) is 0 Å². The Morgan fingerprint density at radius 1 is 1.35 bits per heavy atom. The molecule has 2 N–H and O–H groups in total. The van der Waals surface area contributed by atoms with Crippen LogP contribution >= 0.6 is 11.6 Å². The third-order valence-corrected chi connectivity index (χ3v) is 3.14. The summed E-state index contributed by atoms with van der Waals surface area (Å²) in [5.74, 6) is 0. The minimum atomic E-state index is -0.233. The largest absolute Gasteiger partial charge is 0.333 e. The molecule has 0 radical (unpaired) electrons. The van der Waals surface area contributed by atoms with Gasteiger partial charge in [-0.05, 0) is 31.4 Å². The van der Waals surface area contributed by atoms with Crippen LogP contribution in [0.5, 0.6) is 0 Å². The molecule has 0 saturated carbocycles. The van der Waals surface area contributed by atoms with Crippen molar-refractivity contribution in [1.82, 2.24) is 10.4 Å². The number of nitrogens with one attached hydrogen (secondary N) is 2. The number of rotatable bonds is 2. The summed E-state index contributed by atoms with van der Waals surface area (Å²) < 4.78 is 0. The van der Waals surface area contributed by atoms with E-state index in [4.69, 9.17) is 11.6 Å². The Kier molecular flexibility index (Phi) is 3.86. The molecular weight excluding hydrogens is 238 g/mol. The van der Waals surface area contributed by atoms with Crippen LogP contribution in [0.2, 0.25) is 5.02 Å². The summed E-state index contributed by atoms with van der Waals surface area (Å²) in [6.45, 7) is 3.74. The first kappa shape index (κ1) is 12.2. The molecule has 1 aromatic carbocycles. The molecule has 0 aliphatic carbocycles. The number of anilines is 1. The highest BCUT2D eigenvalue weighted by Crippen LogP contribution is 2.24. The molecule has 92 valence electrons. The summed E-state index contributed by atoms with van der Waals surface area (Å²) in [7, 11) is 0. The number of benzene rings is 1. The lowest BCUT2D eigenvalue weighted by Crippen LogP contribution is -2.42. The van der Waals surface area contributed by atoms with Crippen molar-refractivity contribution in [2.24, 2.45) is 0 Å². The minimum Gasteiger partial charge on any atom is -0.305 e. The van der Waals surface area contributed by atoms with Gasteiger partial charge in [-0.25, -0.2) is 9.80 Å². The first-order chi connectivity index (χ1) is 8.16. The standard InChI is InChI=1S/C12H16ClN3O/c1-9-5-4-6-10(13)11(9)14-12(17)15-16-7-2-3-8-16/h4-6H,2-3,7-8H2,1H3,(H2,14,15,17). The van der Waals surface area contributed by atoms with Gasteiger partial charge in [0.2, 0.25) is 0 Å². The molecular formula is C12H16ClN3O. The number of para-hydroxylation sites is 1. The van der Waals surface area contributed by atoms with E-state index in [1.807, 2.05) is 24.1 Å². The van der Waals surface area contributed by atoms with Crippen LogP contribution in [0.25, 0.3) is 0 Å². The van der Waals surface area contributed by atoms with Crippen LogP contribution in [0, 0.1) is 6.92 Å². The summed E-state index contributed by atoms with van der Waals surface area (Å²) in [5, 5.41) is 5.26. The highest BCUT2D eigenvalue weighted by atomic mass is 35.5. The van der Waals surface area contributed by atoms with Crippen molar-refractivity contribution in [2.75, 3.05) is 18.4 Å². The molecule has 0 atom stereocenters. The predicted molar refractivity (Wildman–Crippen MR) is 69.2 cm³/mol. The van der Waals surface area contributed by atoms with Crippen LogP contribution in [0.15, 0.2) is 18.2 Å². The number of amides is 2. The first-order valence-electron chi connectivity index (χ1n) is 5.74. The second-order valence-corrected chi connectivity index (χ2v) is 4.60. The zero-order valence-corrected chi connectivity index (χ0v) is 10.5. The summed E-state index contributed by atoms with van der Waals surface area (Å²) in [6.07, 6.45) is 2.26. The van der Waals surface area contributed by atoms with E-state index in [1.54, 1.807) is 6.07 Å². The zero-order chi connectivity index (χ0) is 12.3. The number of hydrazine groups is 1. The SMILES string of the molecule is Cc1cccc(Cl)c1NC(=O)NN1CCCC1. The molecule has 0 aromatic heterocycles. The van der Waals surface area contributed by atoms with Crippen molar-refractivity contribution in [3.05, 3.63) is 28.8 Å². The Bertz CT molecular complexity index is 396. The van der Waals surface area contributed by atoms with Gasteiger partial charge in [-0.3, -0.25) is 5.43 Å². The smallest absolute Gasteiger partial charge is 0.305 e. The maximum absolute atomic E-state index is 11.8. The van der Waals surface area contributed by atoms with E-state index in [1.165, 1.54) is 0 Å². The van der Waals surface area contributed by atoms with E-state index in [-0.39, 0.29) is 6.03 Å². The molecule has 2 rings (SSSR count). The second kappa shape index (κ2) is 5.38. The summed E-state index contributed by atoms with van der Waals surface area (Å²) in [4.78, 5) is 11.8. The lowest BCUT2D eigenvalue weighted by Gasteiger charge is -2.17. The van der Waals surface area contributed by atoms with E-state index in [9.17, 15) is 4.79 Å². The summed E-state index contributed by atoms with van der Waals surface area (Å²) in [5.41, 5.74) is 4.43. The van der Waals surface area contributed by atoms with E-state index in [0.29, 0.717) is 10.7 Å². The van der Waals surface area contributed by atoms with Crippen LogP contribution in [0.1, 0.15) is 18.4 Å². The quantitative estimate of drug-likeness (QED) is 0.851. The van der Waals surface area contributed by atoms with Gasteiger partial charge in [0.25, 0.3) is 0 Å². The molecule has 1 aromatic rings. The van der Waals surface area contributed by atoms with Gasteiger partial charge in [-0.1, -0.05) is 23.7 Å². The fourth-order valence-corrected chi connectivity index (χ4v) is 2.17. The molecule has 1 saturated heterocycles. The number of carbonyl (C=O) groups is 1. The highest BCUT2D eigenvalue weighted by Gasteiger charge is 2.15. The Morgan fingerprint density at radius 2 is 2.06 bits per heavy atom. The number of aryl methyl sites for hydroxylation is 1. The van der Waals surface area contributed by atoms with Crippen LogP contribution in [0.4, 0.5) is 10.5 Å². The van der Waals surface area contributed by atoms with Gasteiger partial charge in [0.15, 0.2) is 0 Å². The summed E-state index contributed by atoms with van der Waals surface area (Å²) >= 11 is 6.03. The van der Waals surface area contributed by atoms with E-state index in [0.717, 1.165) is 31.5 Å². The average Bonchev–Trinajstić information content (AvgIpc) is 2.76. The normalized spacial score (nSPS) is 15.9. The number of urea groups is 1. The van der Waals surface area contributed by atoms with Gasteiger partial charge in [-0.15, -0.1) is 0 Å². The molecule has 1 heterocycles. The maximum atomic E-state index is 11.8. The van der Waals surface area contributed by atoms with Crippen molar-refractivity contribution < 1.29 is 4.79 Å². The molecule has 1 aliphatic heterocycles. The monoisotopic (exact) mass is 253 g/mol. The Balaban J connectivity index is 1.97. The van der Waals surface area contributed by atoms with Gasteiger partial charge in [0.05, 0.1) is 10.7 Å². The van der Waals surface area contributed by atoms with Crippen LogP contribution < -0.4 is 10.7 Å². The van der Waals surface area contributed by atoms with Crippen molar-refractivity contribution >= 4 is 23.3 Å². The average molecular weight is 254 g/mol. The van der Waals surface area contributed by atoms with E-state index < -0.39 is 0 Å². The lowest BCUT2D eigenvalue weighted by atomic mass is 10.2. The van der Waals surface area contributed by atoms with Crippen molar-refractivity contribution in [1.29, 1.82) is 0 Å². The van der Waals surface area contributed by atoms with Crippen LogP contribution in [-0.4, -0.2) is 24.1 Å². The zero-order valence-electron chi connectivity index (χ0n) is 9.79. The van der Waals surface area contributed by atoms with Gasteiger partial charge in [0, 0.05) is 13.1 Å². The van der Waals surface area contributed by atoms with Crippen molar-refractivity contribution in [2.45, 2.75) is 19.8 Å². The minimum absolute atomic E-state index is 0.233. The molecule has 5 heteroatoms. The lowest BCUT2D eigenvalue weighted by molar-refractivity contribution is 0.209. The van der Waals surface area contributed by atoms with Gasteiger partial charge in [-0.2, -0.15) is 0 Å². The second-order valence-electron chi connectivity index (χ2n) is 4.19. The number of carbonyl (C=O) groups excluding carboxylic acids is 1. The number of hydrogen-bond acceptors (Lipinski definition) is 2. The predicted octanol–water partition coefficient (Wildman–Crippen LogP) is 2.78.